The summed E-state index contributed by atoms with van der Waals surface area (Å²) in [4.78, 5) is 23.0. The number of anilines is 2. The number of carbonyl (C=O) groups is 1. The quantitative estimate of drug-likeness (QED) is 0.875. The van der Waals surface area contributed by atoms with Crippen LogP contribution in [0, 0.1) is 0 Å². The van der Waals surface area contributed by atoms with Crippen LogP contribution in [-0.2, 0) is 11.2 Å². The van der Waals surface area contributed by atoms with Crippen molar-refractivity contribution in [3.05, 3.63) is 42.2 Å². The summed E-state index contributed by atoms with van der Waals surface area (Å²) < 4.78 is 5.41. The zero-order valence-electron chi connectivity index (χ0n) is 14.6. The number of hydrogen-bond acceptors (Lipinski definition) is 5. The third-order valence-corrected chi connectivity index (χ3v) is 4.20. The monoisotopic (exact) mass is 340 g/mol. The van der Waals surface area contributed by atoms with Crippen molar-refractivity contribution in [3.8, 4) is 5.75 Å². The number of aromatic nitrogens is 2. The van der Waals surface area contributed by atoms with Crippen LogP contribution in [0.3, 0.4) is 0 Å². The lowest BCUT2D eigenvalue weighted by molar-refractivity contribution is -0.115. The maximum Gasteiger partial charge on any atom is 0.229 e. The molecule has 1 aromatic heterocycles. The first-order valence-electron chi connectivity index (χ1n) is 8.83. The fourth-order valence-electron chi connectivity index (χ4n) is 2.95. The van der Waals surface area contributed by atoms with Gasteiger partial charge in [0.05, 0.1) is 13.0 Å². The van der Waals surface area contributed by atoms with Gasteiger partial charge in [-0.05, 0) is 43.9 Å². The van der Waals surface area contributed by atoms with Crippen molar-refractivity contribution in [2.24, 2.45) is 0 Å². The van der Waals surface area contributed by atoms with Gasteiger partial charge < -0.3 is 15.0 Å². The van der Waals surface area contributed by atoms with E-state index in [0.29, 0.717) is 18.8 Å². The van der Waals surface area contributed by atoms with Gasteiger partial charge in [-0.3, -0.25) is 4.79 Å². The molecule has 2 heterocycles. The zero-order valence-corrected chi connectivity index (χ0v) is 14.6. The molecule has 0 radical (unpaired) electrons. The minimum atomic E-state index is -0.0903. The minimum absolute atomic E-state index is 0.0903. The highest BCUT2D eigenvalue weighted by molar-refractivity contribution is 5.91. The average Bonchev–Trinajstić information content (AvgIpc) is 2.64. The van der Waals surface area contributed by atoms with Crippen LogP contribution in [0.5, 0.6) is 5.75 Å². The zero-order chi connectivity index (χ0) is 17.5. The summed E-state index contributed by atoms with van der Waals surface area (Å²) >= 11 is 0. The number of rotatable bonds is 6. The molecule has 0 saturated carbocycles. The Kier molecular flexibility index (Phi) is 5.82. The molecule has 1 N–H and O–H groups in total. The van der Waals surface area contributed by atoms with Gasteiger partial charge in [-0.25, -0.2) is 9.97 Å². The lowest BCUT2D eigenvalue weighted by Crippen LogP contribution is -2.30. The number of hydrogen-bond donors (Lipinski definition) is 1. The highest BCUT2D eigenvalue weighted by atomic mass is 16.5. The normalized spacial score (nSPS) is 14.2. The van der Waals surface area contributed by atoms with Crippen molar-refractivity contribution < 1.29 is 9.53 Å². The molecular formula is C19H24N4O2. The average molecular weight is 340 g/mol. The van der Waals surface area contributed by atoms with Crippen molar-refractivity contribution >= 4 is 17.5 Å². The van der Waals surface area contributed by atoms with Crippen molar-refractivity contribution in [1.82, 2.24) is 9.97 Å². The number of nitrogens with zero attached hydrogens (tertiary/aromatic N) is 3. The third-order valence-electron chi connectivity index (χ3n) is 4.20. The van der Waals surface area contributed by atoms with Crippen LogP contribution in [-0.4, -0.2) is 35.6 Å². The summed E-state index contributed by atoms with van der Waals surface area (Å²) in [6.07, 6.45) is 5.45. The van der Waals surface area contributed by atoms with Crippen LogP contribution in [0.4, 0.5) is 11.6 Å². The summed E-state index contributed by atoms with van der Waals surface area (Å²) in [6, 6.07) is 9.42. The molecule has 0 bridgehead atoms. The molecule has 25 heavy (non-hydrogen) atoms. The second kappa shape index (κ2) is 8.46. The van der Waals surface area contributed by atoms with E-state index >= 15 is 0 Å². The molecular weight excluding hydrogens is 316 g/mol. The smallest absolute Gasteiger partial charge is 0.229 e. The van der Waals surface area contributed by atoms with Crippen LogP contribution < -0.4 is 15.0 Å². The first-order chi connectivity index (χ1) is 12.2. The molecule has 0 atom stereocenters. The maximum absolute atomic E-state index is 12.3. The predicted octanol–water partition coefficient (Wildman–Crippen LogP) is 3.05. The molecule has 6 heteroatoms. The fraction of sp³-hybridized carbons (Fsp3) is 0.421. The Morgan fingerprint density at radius 3 is 2.64 bits per heavy atom. The summed E-state index contributed by atoms with van der Waals surface area (Å²) in [5, 5.41) is 2.86. The van der Waals surface area contributed by atoms with Crippen LogP contribution in [0.2, 0.25) is 0 Å². The van der Waals surface area contributed by atoms with E-state index < -0.39 is 0 Å². The summed E-state index contributed by atoms with van der Waals surface area (Å²) in [5.41, 5.74) is 0.936. The molecule has 6 nitrogen and oxygen atoms in total. The van der Waals surface area contributed by atoms with E-state index in [9.17, 15) is 4.79 Å². The van der Waals surface area contributed by atoms with Gasteiger partial charge >= 0.3 is 0 Å². The van der Waals surface area contributed by atoms with Gasteiger partial charge in [-0.15, -0.1) is 0 Å². The lowest BCUT2D eigenvalue weighted by atomic mass is 10.1. The number of amides is 1. The van der Waals surface area contributed by atoms with Crippen molar-refractivity contribution in [1.29, 1.82) is 0 Å². The third kappa shape index (κ3) is 4.92. The van der Waals surface area contributed by atoms with Crippen molar-refractivity contribution in [3.63, 3.8) is 0 Å². The van der Waals surface area contributed by atoms with Gasteiger partial charge in [0.1, 0.15) is 23.7 Å². The van der Waals surface area contributed by atoms with E-state index in [0.717, 1.165) is 30.2 Å². The van der Waals surface area contributed by atoms with E-state index in [2.05, 4.69) is 20.2 Å². The van der Waals surface area contributed by atoms with Gasteiger partial charge in [-0.2, -0.15) is 0 Å². The van der Waals surface area contributed by atoms with E-state index in [1.54, 1.807) is 0 Å². The molecule has 1 aromatic carbocycles. The standard InChI is InChI=1S/C19H24N4O2/c1-2-25-16-8-6-15(7-9-16)12-19(24)22-17-13-18(21-14-20-17)23-10-4-3-5-11-23/h6-9,13-14H,2-5,10-12H2,1H3,(H,20,21,22,24). The van der Waals surface area contributed by atoms with Crippen molar-refractivity contribution in [2.75, 3.05) is 29.9 Å². The number of carbonyl (C=O) groups excluding carboxylic acids is 1. The largest absolute Gasteiger partial charge is 0.494 e. The Balaban J connectivity index is 1.58. The van der Waals surface area contributed by atoms with E-state index in [1.165, 1.54) is 25.6 Å². The minimum Gasteiger partial charge on any atom is -0.494 e. The van der Waals surface area contributed by atoms with Crippen LogP contribution in [0.25, 0.3) is 0 Å². The Morgan fingerprint density at radius 2 is 1.92 bits per heavy atom. The second-order valence-corrected chi connectivity index (χ2v) is 6.11. The summed E-state index contributed by atoms with van der Waals surface area (Å²) in [7, 11) is 0. The molecule has 0 unspecified atom stereocenters. The summed E-state index contributed by atoms with van der Waals surface area (Å²) in [5.74, 6) is 2.15. The van der Waals surface area contributed by atoms with Crippen LogP contribution in [0.15, 0.2) is 36.7 Å². The highest BCUT2D eigenvalue weighted by Crippen LogP contribution is 2.19. The van der Waals surface area contributed by atoms with Gasteiger partial charge in [0, 0.05) is 19.2 Å². The van der Waals surface area contributed by atoms with Gasteiger partial charge in [0.15, 0.2) is 0 Å². The second-order valence-electron chi connectivity index (χ2n) is 6.11. The predicted molar refractivity (Wildman–Crippen MR) is 98.0 cm³/mol. The van der Waals surface area contributed by atoms with Crippen LogP contribution in [0.1, 0.15) is 31.7 Å². The fourth-order valence-corrected chi connectivity index (χ4v) is 2.95. The summed E-state index contributed by atoms with van der Waals surface area (Å²) in [6.45, 7) is 4.60. The molecule has 3 rings (SSSR count). The number of piperidine rings is 1. The molecule has 2 aromatic rings. The van der Waals surface area contributed by atoms with Gasteiger partial charge in [0.2, 0.25) is 5.91 Å². The SMILES string of the molecule is CCOc1ccc(CC(=O)Nc2cc(N3CCCCC3)ncn2)cc1. The lowest BCUT2D eigenvalue weighted by Gasteiger charge is -2.27. The first kappa shape index (κ1) is 17.2. The molecule has 1 fully saturated rings. The molecule has 0 aliphatic carbocycles. The van der Waals surface area contributed by atoms with Gasteiger partial charge in [-0.1, -0.05) is 12.1 Å². The Bertz CT molecular complexity index is 697. The first-order valence-corrected chi connectivity index (χ1v) is 8.83. The molecule has 0 spiro atoms. The van der Waals surface area contributed by atoms with Crippen LogP contribution >= 0.6 is 0 Å². The molecule has 1 saturated heterocycles. The highest BCUT2D eigenvalue weighted by Gasteiger charge is 2.13. The maximum atomic E-state index is 12.3. The number of nitrogens with one attached hydrogen (secondary N) is 1. The van der Waals surface area contributed by atoms with E-state index in [-0.39, 0.29) is 5.91 Å². The molecule has 1 aliphatic heterocycles. The van der Waals surface area contributed by atoms with Crippen molar-refractivity contribution in [2.45, 2.75) is 32.6 Å². The van der Waals surface area contributed by atoms with E-state index in [1.807, 2.05) is 37.3 Å². The molecule has 1 amide bonds. The van der Waals surface area contributed by atoms with E-state index in [4.69, 9.17) is 4.74 Å². The molecule has 1 aliphatic rings. The Labute approximate surface area is 148 Å². The topological polar surface area (TPSA) is 67.3 Å². The Morgan fingerprint density at radius 1 is 1.16 bits per heavy atom. The van der Waals surface area contributed by atoms with Gasteiger partial charge in [0.25, 0.3) is 0 Å². The molecule has 132 valence electrons. The number of benzene rings is 1. The number of ether oxygens (including phenoxy) is 1. The Hall–Kier alpha value is -2.63.